The van der Waals surface area contributed by atoms with E-state index in [-0.39, 0.29) is 0 Å². The molecule has 1 aromatic heterocycles. The Morgan fingerprint density at radius 3 is 2.81 bits per heavy atom. The molecule has 1 aromatic rings. The average molecular weight is 237 g/mol. The van der Waals surface area contributed by atoms with Gasteiger partial charge in [0, 0.05) is 11.8 Å². The van der Waals surface area contributed by atoms with E-state index in [0.29, 0.717) is 18.3 Å². The molecule has 2 aliphatic rings. The minimum atomic E-state index is -0.620. The number of aromatic nitrogens is 1. The zero-order valence-electron chi connectivity index (χ0n) is 9.27. The molecule has 1 heterocycles. The predicted octanol–water partition coefficient (Wildman–Crippen LogP) is 2.49. The quantitative estimate of drug-likeness (QED) is 0.878. The molecule has 0 aromatic carbocycles. The maximum atomic E-state index is 11.5. The lowest BCUT2D eigenvalue weighted by atomic mass is 9.79. The van der Waals surface area contributed by atoms with Crippen LogP contribution in [0.4, 0.5) is 0 Å². The summed E-state index contributed by atoms with van der Waals surface area (Å²) in [5.41, 5.74) is 0.458. The van der Waals surface area contributed by atoms with E-state index in [1.54, 1.807) is 11.3 Å². The Labute approximate surface area is 98.5 Å². The Bertz CT molecular complexity index is 430. The maximum absolute atomic E-state index is 11.5. The van der Waals surface area contributed by atoms with Gasteiger partial charge in [0.2, 0.25) is 0 Å². The molecule has 2 fully saturated rings. The highest BCUT2D eigenvalue weighted by molar-refractivity contribution is 7.09. The number of hydrogen-bond donors (Lipinski definition) is 1. The van der Waals surface area contributed by atoms with Crippen molar-refractivity contribution in [3.63, 3.8) is 0 Å². The van der Waals surface area contributed by atoms with E-state index in [1.807, 2.05) is 12.3 Å². The van der Waals surface area contributed by atoms with Gasteiger partial charge in [-0.25, -0.2) is 4.98 Å². The fourth-order valence-corrected chi connectivity index (χ4v) is 3.74. The molecule has 2 atom stereocenters. The number of aliphatic carboxylic acids is 1. The van der Waals surface area contributed by atoms with Gasteiger partial charge < -0.3 is 5.11 Å². The second-order valence-electron chi connectivity index (χ2n) is 5.28. The SMILES string of the molecule is Cc1nc(CC2(C(=O)O)CC3CC3C2)cs1. The van der Waals surface area contributed by atoms with Gasteiger partial charge in [-0.3, -0.25) is 4.79 Å². The van der Waals surface area contributed by atoms with E-state index >= 15 is 0 Å². The number of fused-ring (bicyclic) bond motifs is 1. The van der Waals surface area contributed by atoms with Crippen LogP contribution in [0.2, 0.25) is 0 Å². The molecule has 2 unspecified atom stereocenters. The molecule has 0 radical (unpaired) electrons. The Morgan fingerprint density at radius 1 is 1.62 bits per heavy atom. The van der Waals surface area contributed by atoms with Gasteiger partial charge in [0.05, 0.1) is 16.1 Å². The monoisotopic (exact) mass is 237 g/mol. The molecule has 3 rings (SSSR count). The van der Waals surface area contributed by atoms with Crippen molar-refractivity contribution in [2.75, 3.05) is 0 Å². The van der Waals surface area contributed by atoms with Crippen molar-refractivity contribution in [2.24, 2.45) is 17.3 Å². The zero-order chi connectivity index (χ0) is 11.3. The second-order valence-corrected chi connectivity index (χ2v) is 6.35. The highest BCUT2D eigenvalue weighted by atomic mass is 32.1. The van der Waals surface area contributed by atoms with Crippen LogP contribution < -0.4 is 0 Å². The van der Waals surface area contributed by atoms with Crippen LogP contribution in [-0.2, 0) is 11.2 Å². The highest BCUT2D eigenvalue weighted by Gasteiger charge is 2.57. The number of carboxylic acid groups (broad SMARTS) is 1. The lowest BCUT2D eigenvalue weighted by molar-refractivity contribution is -0.149. The summed E-state index contributed by atoms with van der Waals surface area (Å²) in [4.78, 5) is 15.9. The third kappa shape index (κ3) is 1.56. The fraction of sp³-hybridized carbons (Fsp3) is 0.667. The number of hydrogen-bond acceptors (Lipinski definition) is 3. The van der Waals surface area contributed by atoms with Crippen molar-refractivity contribution in [1.29, 1.82) is 0 Å². The molecular formula is C12H15NO2S. The lowest BCUT2D eigenvalue weighted by Gasteiger charge is -2.24. The molecule has 0 bridgehead atoms. The molecular weight excluding hydrogens is 222 g/mol. The van der Waals surface area contributed by atoms with Crippen molar-refractivity contribution in [3.05, 3.63) is 16.1 Å². The van der Waals surface area contributed by atoms with Gasteiger partial charge in [-0.05, 0) is 38.0 Å². The Balaban J connectivity index is 1.82. The molecule has 2 aliphatic carbocycles. The summed E-state index contributed by atoms with van der Waals surface area (Å²) < 4.78 is 0. The Kier molecular flexibility index (Phi) is 2.11. The minimum Gasteiger partial charge on any atom is -0.481 e. The largest absolute Gasteiger partial charge is 0.481 e. The van der Waals surface area contributed by atoms with E-state index in [0.717, 1.165) is 23.5 Å². The van der Waals surface area contributed by atoms with Crippen molar-refractivity contribution in [2.45, 2.75) is 32.6 Å². The summed E-state index contributed by atoms with van der Waals surface area (Å²) in [5, 5.41) is 12.5. The summed E-state index contributed by atoms with van der Waals surface area (Å²) in [6.45, 7) is 1.97. The number of carbonyl (C=O) groups is 1. The third-order valence-electron chi connectivity index (χ3n) is 4.01. The van der Waals surface area contributed by atoms with E-state index in [4.69, 9.17) is 0 Å². The van der Waals surface area contributed by atoms with Crippen LogP contribution in [0.25, 0.3) is 0 Å². The van der Waals surface area contributed by atoms with Crippen molar-refractivity contribution in [3.8, 4) is 0 Å². The number of thiazole rings is 1. The van der Waals surface area contributed by atoms with E-state index in [1.165, 1.54) is 6.42 Å². The van der Waals surface area contributed by atoms with Gasteiger partial charge in [-0.2, -0.15) is 0 Å². The first-order valence-electron chi connectivity index (χ1n) is 5.73. The molecule has 2 saturated carbocycles. The number of nitrogens with zero attached hydrogens (tertiary/aromatic N) is 1. The maximum Gasteiger partial charge on any atom is 0.310 e. The van der Waals surface area contributed by atoms with E-state index in [2.05, 4.69) is 4.98 Å². The van der Waals surface area contributed by atoms with Crippen LogP contribution in [0, 0.1) is 24.2 Å². The molecule has 0 aliphatic heterocycles. The smallest absolute Gasteiger partial charge is 0.310 e. The Hall–Kier alpha value is -0.900. The summed E-state index contributed by atoms with van der Waals surface area (Å²) >= 11 is 1.61. The average Bonchev–Trinajstić information content (AvgIpc) is 2.65. The highest BCUT2D eigenvalue weighted by Crippen LogP contribution is 2.60. The first-order chi connectivity index (χ1) is 7.59. The predicted molar refractivity (Wildman–Crippen MR) is 61.5 cm³/mol. The number of aryl methyl sites for hydroxylation is 1. The normalized spacial score (nSPS) is 36.1. The molecule has 4 heteroatoms. The summed E-state index contributed by atoms with van der Waals surface area (Å²) in [6.07, 6.45) is 3.61. The van der Waals surface area contributed by atoms with E-state index < -0.39 is 11.4 Å². The van der Waals surface area contributed by atoms with Gasteiger partial charge in [-0.1, -0.05) is 0 Å². The first kappa shape index (κ1) is 10.3. The van der Waals surface area contributed by atoms with Crippen molar-refractivity contribution in [1.82, 2.24) is 4.98 Å². The zero-order valence-corrected chi connectivity index (χ0v) is 10.1. The van der Waals surface area contributed by atoms with Gasteiger partial charge in [0.1, 0.15) is 0 Å². The van der Waals surface area contributed by atoms with Gasteiger partial charge in [-0.15, -0.1) is 11.3 Å². The second kappa shape index (κ2) is 3.29. The third-order valence-corrected chi connectivity index (χ3v) is 4.84. The molecule has 0 saturated heterocycles. The van der Waals surface area contributed by atoms with Crippen LogP contribution in [0.5, 0.6) is 0 Å². The van der Waals surface area contributed by atoms with Crippen molar-refractivity contribution < 1.29 is 9.90 Å². The topological polar surface area (TPSA) is 50.2 Å². The number of carboxylic acids is 1. The molecule has 16 heavy (non-hydrogen) atoms. The van der Waals surface area contributed by atoms with Crippen molar-refractivity contribution >= 4 is 17.3 Å². The minimum absolute atomic E-state index is 0.506. The lowest BCUT2D eigenvalue weighted by Crippen LogP contribution is -2.32. The first-order valence-corrected chi connectivity index (χ1v) is 6.61. The molecule has 3 nitrogen and oxygen atoms in total. The molecule has 0 spiro atoms. The standard InChI is InChI=1S/C12H15NO2S/c1-7-13-10(6-16-7)5-12(11(14)15)3-8-2-9(8)4-12/h6,8-9H,2-5H2,1H3,(H,14,15). The van der Waals surface area contributed by atoms with Gasteiger partial charge >= 0.3 is 5.97 Å². The fourth-order valence-electron chi connectivity index (χ4n) is 3.13. The molecule has 0 amide bonds. The van der Waals surface area contributed by atoms with Crippen LogP contribution in [-0.4, -0.2) is 16.1 Å². The molecule has 86 valence electrons. The van der Waals surface area contributed by atoms with Crippen LogP contribution in [0.1, 0.15) is 30.0 Å². The summed E-state index contributed by atoms with van der Waals surface area (Å²) in [5.74, 6) is 0.761. The van der Waals surface area contributed by atoms with Gasteiger partial charge in [0.25, 0.3) is 0 Å². The molecule has 1 N–H and O–H groups in total. The van der Waals surface area contributed by atoms with E-state index in [9.17, 15) is 9.90 Å². The van der Waals surface area contributed by atoms with Crippen LogP contribution >= 0.6 is 11.3 Å². The Morgan fingerprint density at radius 2 is 2.31 bits per heavy atom. The summed E-state index contributed by atoms with van der Waals surface area (Å²) in [6, 6.07) is 0. The van der Waals surface area contributed by atoms with Crippen LogP contribution in [0.3, 0.4) is 0 Å². The summed E-state index contributed by atoms with van der Waals surface area (Å²) in [7, 11) is 0. The van der Waals surface area contributed by atoms with Crippen LogP contribution in [0.15, 0.2) is 5.38 Å². The van der Waals surface area contributed by atoms with Gasteiger partial charge in [0.15, 0.2) is 0 Å². The number of rotatable bonds is 3.